The Morgan fingerprint density at radius 1 is 0.520 bits per heavy atom. The predicted molar refractivity (Wildman–Crippen MR) is 384 cm³/mol. The van der Waals surface area contributed by atoms with E-state index in [2.05, 4.69) is 41.0 Å². The van der Waals surface area contributed by atoms with E-state index in [1.807, 2.05) is 100 Å². The Balaban J connectivity index is 0.000000142. The molecule has 0 aliphatic heterocycles. The average molecular weight is 1370 g/mol. The number of aliphatic hydroxyl groups is 1. The maximum absolute atomic E-state index is 14.6. The van der Waals surface area contributed by atoms with Crippen LogP contribution >= 0.6 is 0 Å². The summed E-state index contributed by atoms with van der Waals surface area (Å²) in [6.45, 7) is 5.71. The third-order valence-corrected chi connectivity index (χ3v) is 16.6. The number of nitrogens with zero attached hydrogens (tertiary/aromatic N) is 13. The lowest BCUT2D eigenvalue weighted by Crippen LogP contribution is -2.32. The number of benzene rings is 6. The van der Waals surface area contributed by atoms with Crippen LogP contribution in [0.4, 0.5) is 20.4 Å². The van der Waals surface area contributed by atoms with Crippen LogP contribution in [-0.4, -0.2) is 79.4 Å². The van der Waals surface area contributed by atoms with E-state index >= 15 is 0 Å². The van der Waals surface area contributed by atoms with Crippen LogP contribution < -0.4 is 49.2 Å². The monoisotopic (exact) mass is 1370 g/mol. The van der Waals surface area contributed by atoms with Gasteiger partial charge < -0.3 is 37.7 Å². The number of rotatable bonds is 14. The number of nitrogens with two attached hydrogens (primary N) is 3. The molecule has 0 saturated heterocycles. The highest BCUT2D eigenvalue weighted by atomic mass is 19.1. The number of aryl methyl sites for hydroxylation is 2. The number of aromatic nitrogens is 13. The van der Waals surface area contributed by atoms with Crippen molar-refractivity contribution in [2.24, 2.45) is 19.8 Å². The Morgan fingerprint density at radius 3 is 1.31 bits per heavy atom. The number of nitrogen functional groups attached to an aromatic ring is 2. The van der Waals surface area contributed by atoms with Gasteiger partial charge in [-0.1, -0.05) is 91.0 Å². The van der Waals surface area contributed by atoms with Crippen molar-refractivity contribution in [3.8, 4) is 22.8 Å². The van der Waals surface area contributed by atoms with Gasteiger partial charge in [-0.2, -0.15) is 10.2 Å². The zero-order valence-corrected chi connectivity index (χ0v) is 55.7. The average Bonchev–Trinajstić information content (AvgIpc) is 1.11. The Hall–Kier alpha value is -13.3. The molecule has 3 atom stereocenters. The molecule has 514 valence electrons. The number of fused-ring (bicyclic) bond motifs is 5. The van der Waals surface area contributed by atoms with Gasteiger partial charge >= 0.3 is 0 Å². The van der Waals surface area contributed by atoms with Crippen molar-refractivity contribution in [2.75, 3.05) is 11.5 Å². The third-order valence-electron chi connectivity index (χ3n) is 16.6. The van der Waals surface area contributed by atoms with Crippen molar-refractivity contribution in [3.63, 3.8) is 0 Å². The summed E-state index contributed by atoms with van der Waals surface area (Å²) in [7, 11) is 3.65. The highest BCUT2D eigenvalue weighted by Crippen LogP contribution is 2.30. The van der Waals surface area contributed by atoms with Gasteiger partial charge in [-0.15, -0.1) is 10.2 Å². The van der Waals surface area contributed by atoms with E-state index in [0.717, 1.165) is 11.1 Å². The predicted octanol–water partition coefficient (Wildman–Crippen LogP) is 9.73. The van der Waals surface area contributed by atoms with Crippen LogP contribution in [0.25, 0.3) is 60.7 Å². The number of nitrogens with one attached hydrogen (secondary N) is 2. The molecule has 27 heteroatoms. The number of aliphatic hydroxyl groups excluding tert-OH is 1. The van der Waals surface area contributed by atoms with E-state index < -0.39 is 41.1 Å². The molecule has 9 heterocycles. The molecule has 9 N–H and O–H groups in total. The number of amides is 2. The maximum atomic E-state index is 14.6. The first-order valence-electron chi connectivity index (χ1n) is 32.0. The number of hydrogen-bond acceptors (Lipinski definition) is 16. The second-order valence-electron chi connectivity index (χ2n) is 23.7. The molecule has 15 aromatic rings. The van der Waals surface area contributed by atoms with E-state index in [-0.39, 0.29) is 63.9 Å². The molecular formula is C75H68F2N18O7. The second kappa shape index (κ2) is 29.8. The summed E-state index contributed by atoms with van der Waals surface area (Å²) < 4.78 is 45.4. The Morgan fingerprint density at radius 2 is 0.912 bits per heavy atom. The number of carbonyl (C=O) groups is 2. The van der Waals surface area contributed by atoms with Gasteiger partial charge in [0.05, 0.1) is 47.2 Å². The molecule has 25 nitrogen and oxygen atoms in total. The molecule has 0 spiro atoms. The highest BCUT2D eigenvalue weighted by molar-refractivity contribution is 6.05. The van der Waals surface area contributed by atoms with Crippen molar-refractivity contribution in [1.29, 1.82) is 0 Å². The molecule has 6 aromatic carbocycles. The van der Waals surface area contributed by atoms with Crippen molar-refractivity contribution in [1.82, 2.24) is 73.1 Å². The minimum atomic E-state index is -0.629. The minimum absolute atomic E-state index is 0.0142. The van der Waals surface area contributed by atoms with E-state index in [9.17, 15) is 32.8 Å². The van der Waals surface area contributed by atoms with Gasteiger partial charge in [-0.25, -0.2) is 27.8 Å². The largest absolute Gasteiger partial charge is 0.488 e. The molecule has 15 rings (SSSR count). The number of ether oxygens (including phenoxy) is 1. The van der Waals surface area contributed by atoms with Crippen LogP contribution in [0.1, 0.15) is 87.8 Å². The first-order chi connectivity index (χ1) is 49.3. The van der Waals surface area contributed by atoms with E-state index in [4.69, 9.17) is 27.0 Å². The minimum Gasteiger partial charge on any atom is -0.488 e. The first kappa shape index (κ1) is 68.7. The smallest absolute Gasteiger partial charge is 0.267 e. The Labute approximate surface area is 579 Å². The molecule has 2 amide bonds. The number of carbonyl (C=O) groups excluding carboxylic acids is 2. The molecule has 0 radical (unpaired) electrons. The summed E-state index contributed by atoms with van der Waals surface area (Å²) in [4.78, 5) is 75.3. The van der Waals surface area contributed by atoms with E-state index in [0.29, 0.717) is 72.7 Å². The van der Waals surface area contributed by atoms with Crippen LogP contribution in [0.2, 0.25) is 0 Å². The van der Waals surface area contributed by atoms with Gasteiger partial charge in [0.15, 0.2) is 22.9 Å². The summed E-state index contributed by atoms with van der Waals surface area (Å²) >= 11 is 0. The van der Waals surface area contributed by atoms with Crippen LogP contribution in [0.3, 0.4) is 0 Å². The molecule has 0 bridgehead atoms. The third kappa shape index (κ3) is 14.2. The van der Waals surface area contributed by atoms with Crippen LogP contribution in [0.5, 0.6) is 5.75 Å². The SMILES string of the molecule is C[C@H](N)c1cc2cccc(F)c2c(=O)n1-c1ccccc1.C[C@H](NC(=O)c1c(N)nn2cccnc12)c1cc2cccc(F)c2c(=O)n1-c1ccccc1.C[C@H](NC(=O)c1c(N)nn2cccnc12)c1cc2cccc(OCc3cnn(C)c3)c2c(=O)n1-c1ccccc1.Cn1cc(CO)cn1. The molecule has 0 fully saturated rings. The van der Waals surface area contributed by atoms with Crippen LogP contribution in [0.15, 0.2) is 240 Å². The van der Waals surface area contributed by atoms with Crippen LogP contribution in [0, 0.1) is 11.6 Å². The van der Waals surface area contributed by atoms with Gasteiger partial charge in [0, 0.05) is 103 Å². The second-order valence-corrected chi connectivity index (χ2v) is 23.7. The lowest BCUT2D eigenvalue weighted by molar-refractivity contribution is 0.0932. The molecule has 0 saturated carbocycles. The Kier molecular flexibility index (Phi) is 20.1. The fraction of sp³-hybridized carbons (Fsp3) is 0.133. The molecule has 0 aliphatic rings. The summed E-state index contributed by atoms with van der Waals surface area (Å²) in [5.74, 6) is -1.48. The number of para-hydroxylation sites is 3. The van der Waals surface area contributed by atoms with Crippen molar-refractivity contribution >= 4 is 67.1 Å². The zero-order chi connectivity index (χ0) is 71.9. The fourth-order valence-electron chi connectivity index (χ4n) is 11.8. The fourth-order valence-corrected chi connectivity index (χ4v) is 11.8. The summed E-state index contributed by atoms with van der Waals surface area (Å²) in [5.41, 5.74) is 23.2. The van der Waals surface area contributed by atoms with Crippen molar-refractivity contribution in [2.45, 2.75) is 52.1 Å². The maximum Gasteiger partial charge on any atom is 0.267 e. The van der Waals surface area contributed by atoms with Gasteiger partial charge in [0.1, 0.15) is 35.1 Å². The van der Waals surface area contributed by atoms with Gasteiger partial charge in [0.2, 0.25) is 0 Å². The van der Waals surface area contributed by atoms with E-state index in [1.54, 1.807) is 162 Å². The lowest BCUT2D eigenvalue weighted by Gasteiger charge is -2.21. The molecular weight excluding hydrogens is 1300 g/mol. The molecule has 0 unspecified atom stereocenters. The number of hydrogen-bond donors (Lipinski definition) is 6. The normalized spacial score (nSPS) is 12.0. The number of pyridine rings is 3. The topological polar surface area (TPSA) is 328 Å². The quantitative estimate of drug-likeness (QED) is 0.0590. The van der Waals surface area contributed by atoms with Crippen molar-refractivity contribution in [3.05, 3.63) is 308 Å². The summed E-state index contributed by atoms with van der Waals surface area (Å²) in [6, 6.07) is 49.1. The zero-order valence-electron chi connectivity index (χ0n) is 55.7. The number of halogens is 2. The molecule has 102 heavy (non-hydrogen) atoms. The van der Waals surface area contributed by atoms with Crippen molar-refractivity contribution < 1.29 is 28.2 Å². The lowest BCUT2D eigenvalue weighted by atomic mass is 10.1. The van der Waals surface area contributed by atoms with E-state index in [1.165, 1.54) is 30.3 Å². The van der Waals surface area contributed by atoms with Gasteiger partial charge in [-0.05, 0) is 122 Å². The standard InChI is InChI=1S/C29H26N8O3.C24H19FN6O2.C17H15FN2O.C5H8N2O/c1-18(33-28(38)25-26(30)34-36-13-7-12-31-27(25)36)22-14-20-8-6-11-23(40-17-19-15-32-35(2)16-19)24(20)29(39)37(22)21-9-4-3-5-10-21;1-14(28-23(32)20-21(26)29-30-12-6-11-27-22(20)30)18-13-15-7-5-10-17(25)19(15)24(33)31(18)16-8-3-2-4-9-16;1-11(19)15-10-12-6-5-9-14(18)16(12)17(21)20(15)13-7-3-2-4-8-13;1-7-3-5(4-8)2-6-7/h3-16,18H,17H2,1-2H3,(H2,30,34)(H,33,38);2-14H,1H3,(H2,26,29)(H,28,32);2-11H,19H2,1H3;2-3,8H,4H2,1H3/t18-;14-;11-;/m000./s1. The summed E-state index contributed by atoms with van der Waals surface area (Å²) in [6.07, 6.45) is 13.4. The molecule has 0 aliphatic carbocycles. The first-order valence-corrected chi connectivity index (χ1v) is 32.0. The highest BCUT2D eigenvalue weighted by Gasteiger charge is 2.27. The Bertz CT molecular complexity index is 5770. The van der Waals surface area contributed by atoms with Gasteiger partial charge in [0.25, 0.3) is 28.5 Å². The molecule has 9 aromatic heterocycles. The number of anilines is 2. The summed E-state index contributed by atoms with van der Waals surface area (Å²) in [5, 5.41) is 32.9. The van der Waals surface area contributed by atoms with Crippen LogP contribution in [-0.2, 0) is 27.3 Å². The van der Waals surface area contributed by atoms with Gasteiger partial charge in [-0.3, -0.25) is 47.0 Å².